The van der Waals surface area contributed by atoms with Crippen molar-refractivity contribution in [2.45, 2.75) is 109 Å². The van der Waals surface area contributed by atoms with Crippen LogP contribution in [0.15, 0.2) is 65.8 Å². The summed E-state index contributed by atoms with van der Waals surface area (Å²) in [6.07, 6.45) is 8.98. The molecule has 0 bridgehead atoms. The van der Waals surface area contributed by atoms with Gasteiger partial charge in [0.05, 0.1) is 45.4 Å². The van der Waals surface area contributed by atoms with E-state index in [1.165, 1.54) is 14.2 Å². The molecule has 322 valence electrons. The molecule has 13 nitrogen and oxygen atoms in total. The number of hydrogen-bond acceptors (Lipinski definition) is 8. The molecule has 8 rings (SSSR count). The van der Waals surface area contributed by atoms with E-state index in [4.69, 9.17) is 19.5 Å². The zero-order valence-electron chi connectivity index (χ0n) is 36.3. The zero-order valence-corrected chi connectivity index (χ0v) is 37.3. The second kappa shape index (κ2) is 17.5. The maximum Gasteiger partial charge on any atom is 0.407 e. The molecule has 4 aromatic rings. The molecule has 2 saturated heterocycles. The SMILES string of the molecule is COC(=O)N[C@H](C(=O)N1CCC[C@H]1C1=NC=C(c2ccc(-c3ccc4c(ccc5[nH]c([C@@H]6C[Si](C)(C)CN6C(=O)[C@@H](NC(=O)OC)C6CCCCC6)nc54)c3)cc2)C1)C(C)C. The molecule has 1 aliphatic carbocycles. The van der Waals surface area contributed by atoms with E-state index in [1.54, 1.807) is 0 Å². The van der Waals surface area contributed by atoms with Crippen LogP contribution in [0.4, 0.5) is 9.59 Å². The predicted octanol–water partition coefficient (Wildman–Crippen LogP) is 8.38. The summed E-state index contributed by atoms with van der Waals surface area (Å²) >= 11 is 0. The largest absolute Gasteiger partial charge is 0.453 e. The van der Waals surface area contributed by atoms with E-state index in [1.807, 2.05) is 29.8 Å². The minimum atomic E-state index is -1.78. The number of ether oxygens (including phenoxy) is 2. The molecule has 4 aliphatic rings. The number of alkyl carbamates (subject to hydrolysis) is 2. The normalized spacial score (nSPS) is 21.4. The Morgan fingerprint density at radius 3 is 2.23 bits per heavy atom. The fourth-order valence-corrected chi connectivity index (χ4v) is 13.0. The molecule has 61 heavy (non-hydrogen) atoms. The van der Waals surface area contributed by atoms with Crippen molar-refractivity contribution in [3.63, 3.8) is 0 Å². The number of amides is 4. The van der Waals surface area contributed by atoms with Gasteiger partial charge in [0.1, 0.15) is 17.9 Å². The maximum atomic E-state index is 14.4. The van der Waals surface area contributed by atoms with E-state index >= 15 is 0 Å². The van der Waals surface area contributed by atoms with Crippen LogP contribution in [0.3, 0.4) is 0 Å². The number of rotatable bonds is 10. The Bertz CT molecular complexity index is 2380. The lowest BCUT2D eigenvalue weighted by atomic mass is 9.83. The van der Waals surface area contributed by atoms with Crippen LogP contribution < -0.4 is 10.6 Å². The number of benzene rings is 3. The molecule has 1 aromatic heterocycles. The number of imidazole rings is 1. The Kier molecular flexibility index (Phi) is 12.1. The zero-order chi connectivity index (χ0) is 43.0. The van der Waals surface area contributed by atoms with Gasteiger partial charge < -0.3 is 34.9 Å². The molecule has 0 radical (unpaired) electrons. The van der Waals surface area contributed by atoms with Gasteiger partial charge in [0, 0.05) is 36.4 Å². The number of aromatic amines is 1. The Labute approximate surface area is 358 Å². The molecule has 3 fully saturated rings. The Morgan fingerprint density at radius 1 is 0.803 bits per heavy atom. The van der Waals surface area contributed by atoms with Gasteiger partial charge in [-0.3, -0.25) is 14.6 Å². The van der Waals surface area contributed by atoms with Gasteiger partial charge in [-0.05, 0) is 83.3 Å². The highest BCUT2D eigenvalue weighted by molar-refractivity contribution is 6.78. The third kappa shape index (κ3) is 8.69. The second-order valence-electron chi connectivity index (χ2n) is 18.5. The van der Waals surface area contributed by atoms with E-state index in [0.29, 0.717) is 19.1 Å². The summed E-state index contributed by atoms with van der Waals surface area (Å²) in [7, 11) is 0.868. The lowest BCUT2D eigenvalue weighted by molar-refractivity contribution is -0.136. The number of carbonyl (C=O) groups is 4. The molecule has 3 aliphatic heterocycles. The first-order valence-corrected chi connectivity index (χ1v) is 25.3. The molecule has 3 aromatic carbocycles. The van der Waals surface area contributed by atoms with Gasteiger partial charge in [-0.1, -0.05) is 88.7 Å². The fraction of sp³-hybridized carbons (Fsp3) is 0.489. The Balaban J connectivity index is 0.972. The Hall–Kier alpha value is -5.50. The van der Waals surface area contributed by atoms with Crippen molar-refractivity contribution in [3.8, 4) is 11.1 Å². The smallest absolute Gasteiger partial charge is 0.407 e. The summed E-state index contributed by atoms with van der Waals surface area (Å²) in [5, 5.41) is 7.78. The van der Waals surface area contributed by atoms with Crippen molar-refractivity contribution in [1.29, 1.82) is 0 Å². The molecule has 4 atom stereocenters. The van der Waals surface area contributed by atoms with Gasteiger partial charge in [0.2, 0.25) is 11.8 Å². The fourth-order valence-electron chi connectivity index (χ4n) is 10.1. The van der Waals surface area contributed by atoms with Crippen molar-refractivity contribution in [1.82, 2.24) is 30.4 Å². The molecule has 0 spiro atoms. The molecule has 4 heterocycles. The van der Waals surface area contributed by atoms with Crippen LogP contribution in [0.1, 0.15) is 82.6 Å². The van der Waals surface area contributed by atoms with Crippen LogP contribution in [-0.2, 0) is 19.1 Å². The molecular formula is C47H59N7O6Si. The summed E-state index contributed by atoms with van der Waals surface area (Å²) in [6, 6.07) is 18.6. The minimum absolute atomic E-state index is 0.0304. The van der Waals surface area contributed by atoms with Crippen molar-refractivity contribution in [3.05, 3.63) is 72.2 Å². The standard InChI is InChI=1S/C47H59N7O6Si/c1-28(2)40(51-46(57)59-3)44(55)53-22-10-13-38(53)37-24-34(25-48-37)30-16-14-29(15-17-30)32-18-20-35-33(23-32)19-21-36-42(35)50-43(49-36)39-26-61(5,6)27-54(39)45(56)41(52-47(58)60-4)31-11-8-7-9-12-31/h14-21,23,25,28,31,38-41H,7-13,22,24,26-27H2,1-6H3,(H,49,50)(H,51,57)(H,52,58)/t38-,39-,40-,41-/m0/s1. The highest BCUT2D eigenvalue weighted by Crippen LogP contribution is 2.40. The van der Waals surface area contributed by atoms with Gasteiger partial charge in [0.25, 0.3) is 0 Å². The number of carbonyl (C=O) groups excluding carboxylic acids is 4. The third-order valence-electron chi connectivity index (χ3n) is 13.3. The molecule has 4 amide bonds. The van der Waals surface area contributed by atoms with Crippen LogP contribution in [-0.4, -0.2) is 103 Å². The number of nitrogens with one attached hydrogen (secondary N) is 3. The third-order valence-corrected chi connectivity index (χ3v) is 16.0. The number of H-pyrrole nitrogens is 1. The first-order chi connectivity index (χ1) is 29.3. The summed E-state index contributed by atoms with van der Waals surface area (Å²) < 4.78 is 9.76. The maximum absolute atomic E-state index is 14.4. The summed E-state index contributed by atoms with van der Waals surface area (Å²) in [5.74, 6) is 0.672. The summed E-state index contributed by atoms with van der Waals surface area (Å²) in [6.45, 7) is 9.12. The highest BCUT2D eigenvalue weighted by Gasteiger charge is 2.47. The first-order valence-electron chi connectivity index (χ1n) is 21.9. The molecular weight excluding hydrogens is 787 g/mol. The van der Waals surface area contributed by atoms with Gasteiger partial charge in [-0.15, -0.1) is 0 Å². The number of methoxy groups -OCH3 is 2. The highest BCUT2D eigenvalue weighted by atomic mass is 28.3. The van der Waals surface area contributed by atoms with Gasteiger partial charge in [0.15, 0.2) is 0 Å². The lowest BCUT2D eigenvalue weighted by Gasteiger charge is -2.34. The van der Waals surface area contributed by atoms with Crippen LogP contribution in [0.5, 0.6) is 0 Å². The average Bonchev–Trinajstić information content (AvgIpc) is 4.10. The number of hydrogen-bond donors (Lipinski definition) is 3. The van der Waals surface area contributed by atoms with Crippen molar-refractivity contribution >= 4 is 65.2 Å². The topological polar surface area (TPSA) is 158 Å². The monoisotopic (exact) mass is 845 g/mol. The number of aromatic nitrogens is 2. The first kappa shape index (κ1) is 42.2. The lowest BCUT2D eigenvalue weighted by Crippen LogP contribution is -2.53. The van der Waals surface area contributed by atoms with Gasteiger partial charge in [-0.2, -0.15) is 0 Å². The Morgan fingerprint density at radius 2 is 1.51 bits per heavy atom. The van der Waals surface area contributed by atoms with Gasteiger partial charge >= 0.3 is 12.2 Å². The van der Waals surface area contributed by atoms with E-state index in [-0.39, 0.29) is 35.7 Å². The quantitative estimate of drug-likeness (QED) is 0.135. The molecule has 0 unspecified atom stereocenters. The minimum Gasteiger partial charge on any atom is -0.453 e. The summed E-state index contributed by atoms with van der Waals surface area (Å²) in [4.78, 5) is 70.1. The van der Waals surface area contributed by atoms with E-state index in [9.17, 15) is 19.2 Å². The van der Waals surface area contributed by atoms with Crippen LogP contribution >= 0.6 is 0 Å². The number of nitrogens with zero attached hydrogens (tertiary/aromatic N) is 4. The average molecular weight is 846 g/mol. The number of likely N-dealkylation sites (tertiary alicyclic amines) is 1. The van der Waals surface area contributed by atoms with E-state index in [2.05, 4.69) is 83.3 Å². The predicted molar refractivity (Wildman–Crippen MR) is 241 cm³/mol. The van der Waals surface area contributed by atoms with Crippen LogP contribution in [0.2, 0.25) is 19.1 Å². The number of aliphatic imine (C=N–C) groups is 1. The summed E-state index contributed by atoms with van der Waals surface area (Å²) in [5.41, 5.74) is 7.19. The van der Waals surface area contributed by atoms with Crippen LogP contribution in [0.25, 0.3) is 38.5 Å². The number of fused-ring (bicyclic) bond motifs is 3. The van der Waals surface area contributed by atoms with Gasteiger partial charge in [-0.25, -0.2) is 14.6 Å². The second-order valence-corrected chi connectivity index (χ2v) is 23.5. The molecule has 14 heteroatoms. The van der Waals surface area contributed by atoms with Crippen molar-refractivity contribution in [2.75, 3.05) is 26.9 Å². The van der Waals surface area contributed by atoms with Crippen LogP contribution in [0, 0.1) is 11.8 Å². The van der Waals surface area contributed by atoms with E-state index in [0.717, 1.165) is 107 Å². The van der Waals surface area contributed by atoms with E-state index < -0.39 is 32.3 Å². The van der Waals surface area contributed by atoms with Crippen molar-refractivity contribution in [2.24, 2.45) is 16.8 Å². The van der Waals surface area contributed by atoms with Crippen molar-refractivity contribution < 1.29 is 28.7 Å². The molecule has 3 N–H and O–H groups in total. The molecule has 1 saturated carbocycles. The number of allylic oxidation sites excluding steroid dienone is 1.